The molecule has 0 aliphatic carbocycles. The summed E-state index contributed by atoms with van der Waals surface area (Å²) in [6, 6.07) is 6.58. The number of nitrogens with one attached hydrogen (secondary N) is 2. The maximum atomic E-state index is 13.6. The maximum Gasteiger partial charge on any atom is 0.238 e. The molecule has 0 aromatic heterocycles. The molecule has 7 heteroatoms. The number of amides is 1. The summed E-state index contributed by atoms with van der Waals surface area (Å²) >= 11 is 5.62. The van der Waals surface area contributed by atoms with Crippen molar-refractivity contribution in [2.24, 2.45) is 0 Å². The third kappa shape index (κ3) is 4.71. The molecule has 0 saturated carbocycles. The molecule has 2 N–H and O–H groups in total. The van der Waals surface area contributed by atoms with Gasteiger partial charge in [-0.25, -0.2) is 13.2 Å². The zero-order valence-electron chi connectivity index (χ0n) is 12.2. The number of carbonyl (C=O) groups is 1. The molecule has 2 aromatic rings. The number of anilines is 1. The highest BCUT2D eigenvalue weighted by Gasteiger charge is 2.13. The molecule has 0 heterocycles. The van der Waals surface area contributed by atoms with E-state index in [4.69, 9.17) is 11.6 Å². The molecule has 0 radical (unpaired) electrons. The van der Waals surface area contributed by atoms with Gasteiger partial charge >= 0.3 is 0 Å². The molecule has 3 nitrogen and oxygen atoms in total. The van der Waals surface area contributed by atoms with Crippen LogP contribution in [0.5, 0.6) is 0 Å². The Kier molecular flexibility index (Phi) is 5.63. The van der Waals surface area contributed by atoms with Crippen molar-refractivity contribution in [2.75, 3.05) is 11.9 Å². The van der Waals surface area contributed by atoms with E-state index in [1.807, 2.05) is 0 Å². The Balaban J connectivity index is 1.93. The normalized spacial score (nSPS) is 12.0. The molecule has 0 saturated heterocycles. The lowest BCUT2D eigenvalue weighted by Gasteiger charge is -2.15. The quantitative estimate of drug-likeness (QED) is 0.860. The SMILES string of the molecule is C[C@@H](NCC(=O)Nc1ccc(Cl)cc1F)c1ccc(F)cc1F. The van der Waals surface area contributed by atoms with Crippen molar-refractivity contribution in [2.45, 2.75) is 13.0 Å². The van der Waals surface area contributed by atoms with Crippen LogP contribution >= 0.6 is 11.6 Å². The number of carbonyl (C=O) groups excluding carboxylic acids is 1. The van der Waals surface area contributed by atoms with E-state index in [-0.39, 0.29) is 22.8 Å². The first kappa shape index (κ1) is 17.3. The molecule has 2 aromatic carbocycles. The van der Waals surface area contributed by atoms with Crippen LogP contribution in [0.4, 0.5) is 18.9 Å². The van der Waals surface area contributed by atoms with E-state index in [1.165, 1.54) is 18.2 Å². The third-order valence-electron chi connectivity index (χ3n) is 3.20. The predicted octanol–water partition coefficient (Wildman–Crippen LogP) is 4.05. The van der Waals surface area contributed by atoms with Gasteiger partial charge in [0.15, 0.2) is 0 Å². The summed E-state index contributed by atoms with van der Waals surface area (Å²) in [7, 11) is 0. The van der Waals surface area contributed by atoms with Gasteiger partial charge in [0.25, 0.3) is 0 Å². The van der Waals surface area contributed by atoms with Gasteiger partial charge in [-0.3, -0.25) is 4.79 Å². The fraction of sp³-hybridized carbons (Fsp3) is 0.188. The summed E-state index contributed by atoms with van der Waals surface area (Å²) in [5.41, 5.74) is 0.235. The van der Waals surface area contributed by atoms with Crippen molar-refractivity contribution in [3.63, 3.8) is 0 Å². The Morgan fingerprint density at radius 3 is 2.52 bits per heavy atom. The standard InChI is InChI=1S/C16H14ClF3N2O/c1-9(12-4-3-11(18)7-13(12)19)21-8-16(23)22-15-5-2-10(17)6-14(15)20/h2-7,9,21H,8H2,1H3,(H,22,23)/t9-/m1/s1. The van der Waals surface area contributed by atoms with Crippen molar-refractivity contribution in [1.82, 2.24) is 5.32 Å². The Labute approximate surface area is 136 Å². The molecule has 1 amide bonds. The molecule has 0 spiro atoms. The minimum atomic E-state index is -0.700. The third-order valence-corrected chi connectivity index (χ3v) is 3.44. The molecule has 0 fully saturated rings. The van der Waals surface area contributed by atoms with E-state index < -0.39 is 29.4 Å². The van der Waals surface area contributed by atoms with Gasteiger partial charge in [-0.05, 0) is 31.2 Å². The monoisotopic (exact) mass is 342 g/mol. The average Bonchev–Trinajstić information content (AvgIpc) is 2.48. The maximum absolute atomic E-state index is 13.6. The summed E-state index contributed by atoms with van der Waals surface area (Å²) in [5, 5.41) is 5.39. The van der Waals surface area contributed by atoms with Crippen LogP contribution < -0.4 is 10.6 Å². The molecule has 0 aliphatic rings. The summed E-state index contributed by atoms with van der Waals surface area (Å²) in [6.07, 6.45) is 0. The molecule has 23 heavy (non-hydrogen) atoms. The second-order valence-electron chi connectivity index (χ2n) is 4.94. The first-order valence-corrected chi connectivity index (χ1v) is 7.18. The summed E-state index contributed by atoms with van der Waals surface area (Å²) in [6.45, 7) is 1.46. The van der Waals surface area contributed by atoms with Crippen LogP contribution in [0.25, 0.3) is 0 Å². The van der Waals surface area contributed by atoms with Gasteiger partial charge in [-0.15, -0.1) is 0 Å². The molecule has 0 bridgehead atoms. The van der Waals surface area contributed by atoms with Gasteiger partial charge in [0.1, 0.15) is 17.5 Å². The Morgan fingerprint density at radius 1 is 1.13 bits per heavy atom. The molecule has 0 aliphatic heterocycles. The van der Waals surface area contributed by atoms with Gasteiger partial charge < -0.3 is 10.6 Å². The van der Waals surface area contributed by atoms with E-state index in [2.05, 4.69) is 10.6 Å². The molecule has 122 valence electrons. The highest BCUT2D eigenvalue weighted by atomic mass is 35.5. The van der Waals surface area contributed by atoms with Gasteiger partial charge in [-0.2, -0.15) is 0 Å². The zero-order chi connectivity index (χ0) is 17.0. The van der Waals surface area contributed by atoms with Crippen LogP contribution in [0.15, 0.2) is 36.4 Å². The Morgan fingerprint density at radius 2 is 1.87 bits per heavy atom. The fourth-order valence-electron chi connectivity index (χ4n) is 1.99. The average molecular weight is 343 g/mol. The van der Waals surface area contributed by atoms with Gasteiger partial charge in [0.05, 0.1) is 12.2 Å². The van der Waals surface area contributed by atoms with E-state index in [0.717, 1.165) is 18.2 Å². The zero-order valence-corrected chi connectivity index (χ0v) is 12.9. The largest absolute Gasteiger partial charge is 0.322 e. The summed E-state index contributed by atoms with van der Waals surface area (Å²) in [4.78, 5) is 11.8. The Bertz CT molecular complexity index is 724. The molecule has 1 atom stereocenters. The lowest BCUT2D eigenvalue weighted by molar-refractivity contribution is -0.115. The van der Waals surface area contributed by atoms with Crippen molar-refractivity contribution < 1.29 is 18.0 Å². The number of hydrogen-bond acceptors (Lipinski definition) is 2. The fourth-order valence-corrected chi connectivity index (χ4v) is 2.15. The van der Waals surface area contributed by atoms with E-state index in [0.29, 0.717) is 0 Å². The number of hydrogen-bond donors (Lipinski definition) is 2. The van der Waals surface area contributed by atoms with E-state index in [9.17, 15) is 18.0 Å². The molecule has 0 unspecified atom stereocenters. The minimum absolute atomic E-state index is 0.00168. The van der Waals surface area contributed by atoms with E-state index >= 15 is 0 Å². The molecular weight excluding hydrogens is 329 g/mol. The van der Waals surface area contributed by atoms with Crippen LogP contribution in [0.2, 0.25) is 5.02 Å². The lowest BCUT2D eigenvalue weighted by atomic mass is 10.1. The number of halogens is 4. The van der Waals surface area contributed by atoms with E-state index in [1.54, 1.807) is 6.92 Å². The Hall–Kier alpha value is -2.05. The van der Waals surface area contributed by atoms with Gasteiger partial charge in [0.2, 0.25) is 5.91 Å². The summed E-state index contributed by atoms with van der Waals surface area (Å²) in [5.74, 6) is -2.52. The van der Waals surface area contributed by atoms with Gasteiger partial charge in [-0.1, -0.05) is 17.7 Å². The molecule has 2 rings (SSSR count). The van der Waals surface area contributed by atoms with Crippen LogP contribution in [-0.2, 0) is 4.79 Å². The van der Waals surface area contributed by atoms with Crippen LogP contribution in [-0.4, -0.2) is 12.5 Å². The van der Waals surface area contributed by atoms with Gasteiger partial charge in [0, 0.05) is 22.7 Å². The second kappa shape index (κ2) is 7.48. The van der Waals surface area contributed by atoms with Crippen molar-refractivity contribution in [1.29, 1.82) is 0 Å². The lowest BCUT2D eigenvalue weighted by Crippen LogP contribution is -2.30. The van der Waals surface area contributed by atoms with Crippen molar-refractivity contribution in [3.05, 3.63) is 64.4 Å². The number of benzene rings is 2. The van der Waals surface area contributed by atoms with Crippen molar-refractivity contribution >= 4 is 23.2 Å². The summed E-state index contributed by atoms with van der Waals surface area (Å²) < 4.78 is 40.0. The van der Waals surface area contributed by atoms with Crippen LogP contribution in [0.3, 0.4) is 0 Å². The topological polar surface area (TPSA) is 41.1 Å². The second-order valence-corrected chi connectivity index (χ2v) is 5.38. The number of rotatable bonds is 5. The molecular formula is C16H14ClF3N2O. The van der Waals surface area contributed by atoms with Crippen molar-refractivity contribution in [3.8, 4) is 0 Å². The predicted molar refractivity (Wildman–Crippen MR) is 82.8 cm³/mol. The van der Waals surface area contributed by atoms with Crippen LogP contribution in [0.1, 0.15) is 18.5 Å². The minimum Gasteiger partial charge on any atom is -0.322 e. The smallest absolute Gasteiger partial charge is 0.238 e. The van der Waals surface area contributed by atoms with Crippen LogP contribution in [0, 0.1) is 17.5 Å². The highest BCUT2D eigenvalue weighted by Crippen LogP contribution is 2.19. The first-order chi connectivity index (χ1) is 10.9. The first-order valence-electron chi connectivity index (χ1n) is 6.80. The highest BCUT2D eigenvalue weighted by molar-refractivity contribution is 6.30.